The van der Waals surface area contributed by atoms with Gasteiger partial charge in [-0.3, -0.25) is 5.32 Å². The van der Waals surface area contributed by atoms with Crippen LogP contribution in [0.25, 0.3) is 0 Å². The van der Waals surface area contributed by atoms with Crippen LogP contribution in [0.4, 0.5) is 0 Å². The average molecular weight is 402 g/mol. The number of aliphatic hydroxyl groups excluding tert-OH is 1. The lowest BCUT2D eigenvalue weighted by molar-refractivity contribution is -0.126. The summed E-state index contributed by atoms with van der Waals surface area (Å²) < 4.78 is 6.95. The molecular weight excluding hydrogens is 358 g/mol. The highest BCUT2D eigenvalue weighted by Crippen LogP contribution is 2.66. The standard InChI is InChI=1S/C26H43NO2/c1-15-8-11-26(27-14-15)16(2)24-20-6-7-22-19(21(20)13-23(24)29-26)5-4-17-12-18(28)9-10-25(17,22)3/h15-24,27-28H,4-14H2,1-3H3/t15-,16-,17-,18-,19-,20?,21-,22-,23-,24+,25-,26-/m0/s1. The van der Waals surface area contributed by atoms with Crippen molar-refractivity contribution >= 4 is 0 Å². The van der Waals surface area contributed by atoms with Crippen molar-refractivity contribution in [3.05, 3.63) is 0 Å². The molecule has 6 rings (SSSR count). The Labute approximate surface area is 177 Å². The number of rotatable bonds is 0. The van der Waals surface area contributed by atoms with Crippen LogP contribution in [0.15, 0.2) is 0 Å². The molecule has 0 aromatic rings. The normalized spacial score (nSPS) is 61.7. The van der Waals surface area contributed by atoms with E-state index < -0.39 is 0 Å². The first-order valence-corrected chi connectivity index (χ1v) is 13.0. The Morgan fingerprint density at radius 3 is 2.52 bits per heavy atom. The van der Waals surface area contributed by atoms with Crippen molar-refractivity contribution in [2.75, 3.05) is 6.54 Å². The number of ether oxygens (including phenoxy) is 1. The Morgan fingerprint density at radius 1 is 0.897 bits per heavy atom. The molecule has 1 spiro atoms. The average Bonchev–Trinajstić information content (AvgIpc) is 3.19. The summed E-state index contributed by atoms with van der Waals surface area (Å²) in [4.78, 5) is 0. The third-order valence-electron chi connectivity index (χ3n) is 11.5. The van der Waals surface area contributed by atoms with Crippen LogP contribution in [0.2, 0.25) is 0 Å². The van der Waals surface area contributed by atoms with Gasteiger partial charge in [-0.25, -0.2) is 0 Å². The molecule has 1 unspecified atom stereocenters. The van der Waals surface area contributed by atoms with Gasteiger partial charge in [-0.1, -0.05) is 20.8 Å². The summed E-state index contributed by atoms with van der Waals surface area (Å²) in [6.45, 7) is 8.63. The van der Waals surface area contributed by atoms with Gasteiger partial charge in [0, 0.05) is 12.5 Å². The van der Waals surface area contributed by atoms with Crippen molar-refractivity contribution < 1.29 is 9.84 Å². The first kappa shape index (κ1) is 19.6. The Hall–Kier alpha value is -0.120. The molecule has 164 valence electrons. The van der Waals surface area contributed by atoms with E-state index in [2.05, 4.69) is 26.1 Å². The SMILES string of the molecule is C[C@H]1CC[C@]2(NC1)O[C@H]1C[C@@H]3C(CC[C@H]4[C@H]3CC[C@H]3C[C@@H](O)CC[C@@]34C)[C@H]1[C@@H]2C. The second-order valence-electron chi connectivity index (χ2n) is 12.6. The minimum atomic E-state index is -0.0250. The molecule has 3 nitrogen and oxygen atoms in total. The Kier molecular flexibility index (Phi) is 4.51. The van der Waals surface area contributed by atoms with E-state index in [1.165, 1.54) is 51.4 Å². The van der Waals surface area contributed by atoms with Crippen molar-refractivity contribution in [1.82, 2.24) is 5.32 Å². The van der Waals surface area contributed by atoms with Crippen LogP contribution in [0, 0.1) is 52.8 Å². The molecule has 6 aliphatic rings. The lowest BCUT2D eigenvalue weighted by Crippen LogP contribution is -2.56. The fourth-order valence-corrected chi connectivity index (χ4v) is 9.90. The van der Waals surface area contributed by atoms with Crippen molar-refractivity contribution in [3.8, 4) is 0 Å². The highest BCUT2D eigenvalue weighted by molar-refractivity contribution is 5.12. The van der Waals surface area contributed by atoms with Gasteiger partial charge in [0.25, 0.3) is 0 Å². The summed E-state index contributed by atoms with van der Waals surface area (Å²) >= 11 is 0. The van der Waals surface area contributed by atoms with E-state index in [1.807, 2.05) is 0 Å². The second kappa shape index (κ2) is 6.69. The summed E-state index contributed by atoms with van der Waals surface area (Å²) in [5.41, 5.74) is 0.492. The minimum Gasteiger partial charge on any atom is -0.393 e. The minimum absolute atomic E-state index is 0.00713. The van der Waals surface area contributed by atoms with Gasteiger partial charge in [0.1, 0.15) is 5.72 Å². The number of nitrogens with one attached hydrogen (secondary N) is 1. The third-order valence-corrected chi connectivity index (χ3v) is 11.5. The van der Waals surface area contributed by atoms with E-state index in [4.69, 9.17) is 4.74 Å². The van der Waals surface area contributed by atoms with Gasteiger partial charge in [0.2, 0.25) is 0 Å². The highest BCUT2D eigenvalue weighted by Gasteiger charge is 2.64. The number of piperidine rings is 1. The Bertz CT molecular complexity index is 643. The molecule has 29 heavy (non-hydrogen) atoms. The van der Waals surface area contributed by atoms with Crippen LogP contribution in [-0.2, 0) is 4.74 Å². The molecule has 0 aromatic heterocycles. The van der Waals surface area contributed by atoms with Crippen LogP contribution in [-0.4, -0.2) is 29.6 Å². The van der Waals surface area contributed by atoms with E-state index in [-0.39, 0.29) is 11.8 Å². The quantitative estimate of drug-likeness (QED) is 0.602. The maximum Gasteiger partial charge on any atom is 0.122 e. The van der Waals surface area contributed by atoms with Gasteiger partial charge in [-0.15, -0.1) is 0 Å². The molecule has 0 aromatic carbocycles. The summed E-state index contributed by atoms with van der Waals surface area (Å²) in [6.07, 6.45) is 13.4. The maximum atomic E-state index is 10.3. The fraction of sp³-hybridized carbons (Fsp3) is 1.00. The van der Waals surface area contributed by atoms with Crippen molar-refractivity contribution in [2.24, 2.45) is 52.8 Å². The predicted octanol–water partition coefficient (Wildman–Crippen LogP) is 4.98. The molecule has 0 bridgehead atoms. The van der Waals surface area contributed by atoms with Crippen molar-refractivity contribution in [1.29, 1.82) is 0 Å². The Balaban J connectivity index is 1.22. The molecule has 0 radical (unpaired) electrons. The molecular formula is C26H43NO2. The van der Waals surface area contributed by atoms with Crippen LogP contribution in [0.5, 0.6) is 0 Å². The number of hydrogen-bond donors (Lipinski definition) is 2. The van der Waals surface area contributed by atoms with E-state index in [9.17, 15) is 5.11 Å². The largest absolute Gasteiger partial charge is 0.393 e. The molecule has 4 aliphatic carbocycles. The zero-order chi connectivity index (χ0) is 20.0. The summed E-state index contributed by atoms with van der Waals surface area (Å²) in [7, 11) is 0. The number of aliphatic hydroxyl groups is 1. The van der Waals surface area contributed by atoms with Crippen LogP contribution >= 0.6 is 0 Å². The van der Waals surface area contributed by atoms with Gasteiger partial charge in [-0.2, -0.15) is 0 Å². The monoisotopic (exact) mass is 401 g/mol. The summed E-state index contributed by atoms with van der Waals surface area (Å²) in [5, 5.41) is 14.1. The molecule has 6 fully saturated rings. The number of fused-ring (bicyclic) bond motifs is 7. The molecule has 0 amide bonds. The summed E-state index contributed by atoms with van der Waals surface area (Å²) in [5.74, 6) is 6.70. The molecule has 2 aliphatic heterocycles. The predicted molar refractivity (Wildman–Crippen MR) is 115 cm³/mol. The van der Waals surface area contributed by atoms with Crippen molar-refractivity contribution in [2.45, 2.75) is 103 Å². The zero-order valence-electron chi connectivity index (χ0n) is 18.9. The van der Waals surface area contributed by atoms with E-state index >= 15 is 0 Å². The maximum absolute atomic E-state index is 10.3. The smallest absolute Gasteiger partial charge is 0.122 e. The van der Waals surface area contributed by atoms with Gasteiger partial charge in [0.05, 0.1) is 12.2 Å². The van der Waals surface area contributed by atoms with Crippen LogP contribution in [0.3, 0.4) is 0 Å². The first-order valence-electron chi connectivity index (χ1n) is 13.0. The van der Waals surface area contributed by atoms with Gasteiger partial charge in [0.15, 0.2) is 0 Å². The van der Waals surface area contributed by atoms with Gasteiger partial charge < -0.3 is 9.84 Å². The molecule has 3 heteroatoms. The molecule has 4 saturated carbocycles. The molecule has 2 N–H and O–H groups in total. The molecule has 2 heterocycles. The van der Waals surface area contributed by atoms with E-state index in [0.29, 0.717) is 17.4 Å². The topological polar surface area (TPSA) is 41.5 Å². The van der Waals surface area contributed by atoms with Gasteiger partial charge >= 0.3 is 0 Å². The van der Waals surface area contributed by atoms with Crippen LogP contribution < -0.4 is 5.32 Å². The van der Waals surface area contributed by atoms with E-state index in [0.717, 1.165) is 60.8 Å². The first-order chi connectivity index (χ1) is 13.9. The van der Waals surface area contributed by atoms with E-state index in [1.54, 1.807) is 0 Å². The van der Waals surface area contributed by atoms with Crippen molar-refractivity contribution in [3.63, 3.8) is 0 Å². The lowest BCUT2D eigenvalue weighted by atomic mass is 9.46. The summed E-state index contributed by atoms with van der Waals surface area (Å²) in [6, 6.07) is 0. The van der Waals surface area contributed by atoms with Crippen LogP contribution in [0.1, 0.15) is 85.0 Å². The Morgan fingerprint density at radius 2 is 1.72 bits per heavy atom. The highest BCUT2D eigenvalue weighted by atomic mass is 16.5. The lowest BCUT2D eigenvalue weighted by Gasteiger charge is -2.59. The zero-order valence-corrected chi connectivity index (χ0v) is 18.9. The molecule has 2 saturated heterocycles. The molecule has 12 atom stereocenters. The third kappa shape index (κ3) is 2.72. The van der Waals surface area contributed by atoms with Gasteiger partial charge in [-0.05, 0) is 111 Å². The second-order valence-corrected chi connectivity index (χ2v) is 12.6. The number of hydrogen-bond acceptors (Lipinski definition) is 3. The fourth-order valence-electron chi connectivity index (χ4n) is 9.90.